The Kier molecular flexibility index (Phi) is 11.9. The van der Waals surface area contributed by atoms with Crippen molar-refractivity contribution < 1.29 is 35.8 Å². The predicted octanol–water partition coefficient (Wildman–Crippen LogP) is 5.22. The first kappa shape index (κ1) is 46.8. The fourth-order valence-electron chi connectivity index (χ4n) is 10.0. The number of nitrogens with zero attached hydrogens (tertiary/aromatic N) is 4. The van der Waals surface area contributed by atoms with Crippen molar-refractivity contribution in [1.29, 1.82) is 0 Å². The molecule has 0 unspecified atom stereocenters. The van der Waals surface area contributed by atoms with Crippen LogP contribution in [-0.2, 0) is 35.8 Å². The quantitative estimate of drug-likeness (QED) is 0.129. The van der Waals surface area contributed by atoms with Crippen molar-refractivity contribution >= 4 is 102 Å². The molecule has 71 heavy (non-hydrogen) atoms. The number of aliphatic imine (C=N–C) groups is 2. The maximum Gasteiger partial charge on any atom is -0.457 e. The van der Waals surface area contributed by atoms with Gasteiger partial charge in [-0.05, 0) is 0 Å². The van der Waals surface area contributed by atoms with Gasteiger partial charge in [0, 0.05) is 0 Å². The molecule has 1 spiro atoms. The molecule has 1 radical (unpaired) electrons. The Morgan fingerprint density at radius 1 is 0.549 bits per heavy atom. The molecule has 0 aliphatic carbocycles. The molecule has 0 atom stereocenters. The fraction of sp³-hybridized carbons (Fsp3) is 0.111. The Balaban J connectivity index is 0.00000291. The molecule has 13 rings (SSSR count). The van der Waals surface area contributed by atoms with Crippen LogP contribution < -0.4 is 32.0 Å². The Hall–Kier alpha value is -7.92. The number of hydrogen-bond acceptors (Lipinski definition) is 8. The molecule has 7 aliphatic rings. The third kappa shape index (κ3) is 7.66. The summed E-state index contributed by atoms with van der Waals surface area (Å²) in [7, 11) is 0. The van der Waals surface area contributed by atoms with Gasteiger partial charge in [-0.2, -0.15) is 0 Å². The molecule has 9 heterocycles. The Labute approximate surface area is 412 Å². The van der Waals surface area contributed by atoms with E-state index in [1.807, 2.05) is 133 Å². The summed E-state index contributed by atoms with van der Waals surface area (Å²) in [6.45, 7) is 4.45. The Bertz CT molecular complexity index is 3650. The van der Waals surface area contributed by atoms with E-state index in [2.05, 4.69) is 38.4 Å². The average Bonchev–Trinajstić information content (AvgIpc) is 4.15. The van der Waals surface area contributed by atoms with E-state index in [1.165, 1.54) is 20.8 Å². The summed E-state index contributed by atoms with van der Waals surface area (Å²) in [5.74, 6) is -0.904. The van der Waals surface area contributed by atoms with E-state index in [0.717, 1.165) is 16.3 Å². The van der Waals surface area contributed by atoms with E-state index < -0.39 is 28.0 Å². The zero-order valence-corrected chi connectivity index (χ0v) is 42.2. The first-order valence-corrected chi connectivity index (χ1v) is 28.5. The van der Waals surface area contributed by atoms with E-state index in [-0.39, 0.29) is 47.4 Å². The summed E-state index contributed by atoms with van der Waals surface area (Å²) in [6, 6.07) is 38.9. The molecule has 17 heteroatoms. The topological polar surface area (TPSA) is 235 Å². The summed E-state index contributed by atoms with van der Waals surface area (Å²) < 4.78 is 19.8. The van der Waals surface area contributed by atoms with Gasteiger partial charge in [-0.25, -0.2) is 0 Å². The van der Waals surface area contributed by atoms with Crippen LogP contribution in [0.3, 0.4) is 0 Å². The predicted molar refractivity (Wildman–Crippen MR) is 277 cm³/mol. The molecule has 1 saturated heterocycles. The monoisotopic (exact) mass is 1150 g/mol. The molecule has 7 aliphatic heterocycles. The van der Waals surface area contributed by atoms with Gasteiger partial charge in [0.15, 0.2) is 0 Å². The number of allylic oxidation sites excluding steroid dienone is 4. The third-order valence-electron chi connectivity index (χ3n) is 12.7. The van der Waals surface area contributed by atoms with Gasteiger partial charge in [0.2, 0.25) is 0 Å². The van der Waals surface area contributed by atoms with Crippen LogP contribution in [0.15, 0.2) is 167 Å². The van der Waals surface area contributed by atoms with Crippen molar-refractivity contribution in [3.8, 4) is 0 Å². The van der Waals surface area contributed by atoms with E-state index in [1.54, 1.807) is 0 Å². The number of carbonyl (C=O) groups is 4. The average molecular weight is 1150 g/mol. The smallest absolute Gasteiger partial charge is 0.457 e. The van der Waals surface area contributed by atoms with Crippen LogP contribution in [0.4, 0.5) is 22.7 Å². The molecule has 2 aromatic heterocycles. The third-order valence-corrected chi connectivity index (χ3v) is 23.9. The van der Waals surface area contributed by atoms with E-state index in [4.69, 9.17) is 15.6 Å². The minimum absolute atomic E-state index is 0. The Morgan fingerprint density at radius 2 is 0.972 bits per heavy atom. The van der Waals surface area contributed by atoms with Crippen LogP contribution in [0.2, 0.25) is 0 Å². The molecule has 355 valence electrons. The summed E-state index contributed by atoms with van der Waals surface area (Å²) in [6.07, 6.45) is 7.55. The number of para-hydroxylation sites is 4. The summed E-state index contributed by atoms with van der Waals surface area (Å²) >= 11 is -5.61. The van der Waals surface area contributed by atoms with Crippen molar-refractivity contribution in [2.45, 2.75) is 39.9 Å². The summed E-state index contributed by atoms with van der Waals surface area (Å²) in [5, 5.41) is 13.9. The van der Waals surface area contributed by atoms with Crippen molar-refractivity contribution in [2.24, 2.45) is 9.98 Å². The van der Waals surface area contributed by atoms with Gasteiger partial charge in [-0.1, -0.05) is 0 Å². The number of aromatic nitrogens is 2. The van der Waals surface area contributed by atoms with Gasteiger partial charge >= 0.3 is 404 Å². The van der Waals surface area contributed by atoms with Crippen LogP contribution in [0, 0.1) is 0 Å². The summed E-state index contributed by atoms with van der Waals surface area (Å²) in [5.41, 5.74) is 11.9. The second-order valence-corrected chi connectivity index (χ2v) is 25.8. The van der Waals surface area contributed by atoms with Gasteiger partial charge in [0.05, 0.1) is 0 Å². The van der Waals surface area contributed by atoms with Crippen LogP contribution >= 0.6 is 0 Å². The SMILES string of the molecule is CC(=O)Nc1ccccc1C1=C2C=CC(=N2)C(c2ccccc2NC(C)=O)=c2ccc3[n]2[Bi]24[O]C(CCC(=O)Nc5ccccc5C=3C3=NC(=C(c5ccccc5NC(C)=O)c5ccc1[n]52)C=C3)[O]4.[OH3+].[OH3+]. The van der Waals surface area contributed by atoms with Gasteiger partial charge in [-0.3, -0.25) is 0 Å². The molecular weight excluding hydrogens is 1100 g/mol. The maximum atomic E-state index is 13.9. The number of hydrogen-bond donors (Lipinski definition) is 4. The van der Waals surface area contributed by atoms with Crippen molar-refractivity contribution in [2.75, 3.05) is 21.3 Å². The Morgan fingerprint density at radius 3 is 1.45 bits per heavy atom. The minimum Gasteiger partial charge on any atom is -0.457 e. The minimum atomic E-state index is -5.61. The van der Waals surface area contributed by atoms with Crippen molar-refractivity contribution in [1.82, 2.24) is 5.02 Å². The van der Waals surface area contributed by atoms with Crippen LogP contribution in [0.25, 0.3) is 22.3 Å². The standard InChI is InChI=1S/C54H44N8O6.Bi.2H2O/c1-30(63)55-37-16-8-4-12-33(37)51-41-20-22-43(58-41)52(34-13-5-9-17-38(34)56-31(2)64)45-24-26-47(60-45)54(36-15-7-11-19-40(36)62-49(66)28-29-50(67)68)48-27-25-46(61-48)53(44-23-21-42(51)59-44)35-14-6-10-18-39(35)57-32(3)65;;;/h4-27,50H,28-29H2,1-3H3,(H6,55,56,57,58,59,60,61,62,63,64,65,66);;2*1H2/q-2;+4;;. The number of benzene rings is 4. The molecule has 6 aromatic rings. The molecule has 4 aromatic carbocycles. The summed E-state index contributed by atoms with van der Waals surface area (Å²) in [4.78, 5) is 63.8. The number of anilines is 4. The molecule has 9 bridgehead atoms. The van der Waals surface area contributed by atoms with Gasteiger partial charge < -0.3 is 11.0 Å². The number of nitrogens with one attached hydrogen (secondary N) is 4. The molecule has 10 N–H and O–H groups in total. The van der Waals surface area contributed by atoms with Crippen LogP contribution in [-0.4, -0.2) is 68.1 Å². The maximum absolute atomic E-state index is 13.9. The second kappa shape index (κ2) is 18.1. The van der Waals surface area contributed by atoms with E-state index in [0.29, 0.717) is 95.9 Å². The number of rotatable bonds is 6. The van der Waals surface area contributed by atoms with Crippen molar-refractivity contribution in [3.05, 3.63) is 201 Å². The van der Waals surface area contributed by atoms with E-state index >= 15 is 0 Å². The molecule has 1 fully saturated rings. The molecule has 4 amide bonds. The second-order valence-electron chi connectivity index (χ2n) is 17.2. The first-order valence-electron chi connectivity index (χ1n) is 22.6. The zero-order valence-electron chi connectivity index (χ0n) is 38.7. The molecule has 16 nitrogen and oxygen atoms in total. The van der Waals surface area contributed by atoms with Gasteiger partial charge in [0.25, 0.3) is 0 Å². The number of carbonyl (C=O) groups excluding carboxylic acids is 4. The van der Waals surface area contributed by atoms with Gasteiger partial charge in [0.1, 0.15) is 0 Å². The zero-order chi connectivity index (χ0) is 47.1. The largest absolute Gasteiger partial charge is 0.457 e. The number of amides is 4. The molecule has 0 saturated carbocycles. The van der Waals surface area contributed by atoms with Crippen LogP contribution in [0.5, 0.6) is 0 Å². The normalized spacial score (nSPS) is 18.9. The first-order chi connectivity index (χ1) is 33.6. The fourth-order valence-corrected chi connectivity index (χ4v) is 22.3. The van der Waals surface area contributed by atoms with Gasteiger partial charge in [-0.15, -0.1) is 0 Å². The van der Waals surface area contributed by atoms with Crippen LogP contribution in [0.1, 0.15) is 67.3 Å². The number of fused-ring (bicyclic) bond motifs is 5. The molecular formula is C54H48BiN8O8+2. The van der Waals surface area contributed by atoms with E-state index in [9.17, 15) is 19.2 Å². The van der Waals surface area contributed by atoms with Crippen molar-refractivity contribution in [3.63, 3.8) is 0 Å².